The van der Waals surface area contributed by atoms with Crippen molar-refractivity contribution in [1.82, 2.24) is 29.4 Å². The SMILES string of the molecule is N#Cc1ncn(CC(=O)N2CCC(n3ncc4ccccc43)C2)n1. The third kappa shape index (κ3) is 2.50. The molecule has 0 saturated carbocycles. The number of rotatable bonds is 3. The molecule has 0 bridgehead atoms. The summed E-state index contributed by atoms with van der Waals surface area (Å²) < 4.78 is 3.41. The van der Waals surface area contributed by atoms with Gasteiger partial charge in [-0.3, -0.25) is 9.48 Å². The molecule has 8 nitrogen and oxygen atoms in total. The largest absolute Gasteiger partial charge is 0.339 e. The quantitative estimate of drug-likeness (QED) is 0.717. The molecule has 1 saturated heterocycles. The fraction of sp³-hybridized carbons (Fsp3) is 0.312. The Morgan fingerprint density at radius 3 is 3.08 bits per heavy atom. The predicted octanol–water partition coefficient (Wildman–Crippen LogP) is 0.973. The molecular formula is C16H15N7O. The first kappa shape index (κ1) is 14.4. The number of benzene rings is 1. The van der Waals surface area contributed by atoms with Crippen LogP contribution in [0.5, 0.6) is 0 Å². The molecule has 120 valence electrons. The van der Waals surface area contributed by atoms with Gasteiger partial charge < -0.3 is 4.90 Å². The summed E-state index contributed by atoms with van der Waals surface area (Å²) in [6.07, 6.45) is 4.14. The Labute approximate surface area is 137 Å². The van der Waals surface area contributed by atoms with Crippen LogP contribution in [0.2, 0.25) is 0 Å². The molecule has 4 rings (SSSR count). The third-order valence-corrected chi connectivity index (χ3v) is 4.30. The van der Waals surface area contributed by atoms with Crippen LogP contribution in [-0.2, 0) is 11.3 Å². The Hall–Kier alpha value is -3.21. The van der Waals surface area contributed by atoms with Crippen molar-refractivity contribution in [3.05, 3.63) is 42.6 Å². The van der Waals surface area contributed by atoms with Crippen LogP contribution < -0.4 is 0 Å². The monoisotopic (exact) mass is 321 g/mol. The van der Waals surface area contributed by atoms with Crippen molar-refractivity contribution in [2.24, 2.45) is 0 Å². The molecule has 1 unspecified atom stereocenters. The summed E-state index contributed by atoms with van der Waals surface area (Å²) in [5.74, 6) is 0.0495. The number of nitrogens with zero attached hydrogens (tertiary/aromatic N) is 7. The van der Waals surface area contributed by atoms with Gasteiger partial charge in [0.15, 0.2) is 0 Å². The first-order valence-corrected chi connectivity index (χ1v) is 7.74. The van der Waals surface area contributed by atoms with Gasteiger partial charge in [0.25, 0.3) is 5.82 Å². The van der Waals surface area contributed by atoms with Gasteiger partial charge >= 0.3 is 0 Å². The average Bonchev–Trinajstić information content (AvgIpc) is 3.33. The van der Waals surface area contributed by atoms with Crippen LogP contribution in [-0.4, -0.2) is 48.4 Å². The van der Waals surface area contributed by atoms with Crippen molar-refractivity contribution >= 4 is 16.8 Å². The molecule has 0 N–H and O–H groups in total. The topological polar surface area (TPSA) is 92.6 Å². The highest BCUT2D eigenvalue weighted by Crippen LogP contribution is 2.25. The molecule has 0 aliphatic carbocycles. The minimum atomic E-state index is -0.0247. The number of amides is 1. The minimum Gasteiger partial charge on any atom is -0.339 e. The molecule has 2 aromatic heterocycles. The van der Waals surface area contributed by atoms with Crippen molar-refractivity contribution < 1.29 is 4.79 Å². The van der Waals surface area contributed by atoms with Gasteiger partial charge in [0.1, 0.15) is 18.9 Å². The normalized spacial score (nSPS) is 17.3. The Morgan fingerprint density at radius 1 is 1.38 bits per heavy atom. The van der Waals surface area contributed by atoms with E-state index in [0.29, 0.717) is 13.1 Å². The highest BCUT2D eigenvalue weighted by molar-refractivity contribution is 5.79. The highest BCUT2D eigenvalue weighted by atomic mass is 16.2. The molecule has 1 aliphatic heterocycles. The second kappa shape index (κ2) is 5.77. The van der Waals surface area contributed by atoms with Gasteiger partial charge in [-0.15, -0.1) is 5.10 Å². The number of likely N-dealkylation sites (tertiary alicyclic amines) is 1. The van der Waals surface area contributed by atoms with Gasteiger partial charge in [0.2, 0.25) is 5.91 Å². The van der Waals surface area contributed by atoms with Gasteiger partial charge in [-0.2, -0.15) is 10.4 Å². The fourth-order valence-electron chi connectivity index (χ4n) is 3.11. The molecule has 0 radical (unpaired) electrons. The zero-order valence-corrected chi connectivity index (χ0v) is 12.9. The van der Waals surface area contributed by atoms with Crippen LogP contribution in [0.25, 0.3) is 10.9 Å². The molecule has 1 fully saturated rings. The van der Waals surface area contributed by atoms with E-state index >= 15 is 0 Å². The molecular weight excluding hydrogens is 306 g/mol. The lowest BCUT2D eigenvalue weighted by molar-refractivity contribution is -0.131. The van der Waals surface area contributed by atoms with Gasteiger partial charge in [-0.25, -0.2) is 9.67 Å². The number of aromatic nitrogens is 5. The standard InChI is InChI=1S/C16H15N7O/c17-7-15-18-11-22(20-15)10-16(24)21-6-5-13(9-21)23-14-4-2-1-3-12(14)8-19-23/h1-4,8,11,13H,5-6,9-10H2. The number of para-hydroxylation sites is 1. The smallest absolute Gasteiger partial charge is 0.252 e. The number of hydrogen-bond donors (Lipinski definition) is 0. The summed E-state index contributed by atoms with van der Waals surface area (Å²) >= 11 is 0. The van der Waals surface area contributed by atoms with Crippen molar-refractivity contribution in [3.8, 4) is 6.07 Å². The maximum Gasteiger partial charge on any atom is 0.252 e. The van der Waals surface area contributed by atoms with E-state index in [1.165, 1.54) is 11.0 Å². The molecule has 3 aromatic rings. The average molecular weight is 321 g/mol. The van der Waals surface area contributed by atoms with Crippen molar-refractivity contribution in [2.75, 3.05) is 13.1 Å². The Morgan fingerprint density at radius 2 is 2.25 bits per heavy atom. The lowest BCUT2D eigenvalue weighted by Crippen LogP contribution is -2.32. The summed E-state index contributed by atoms with van der Waals surface area (Å²) in [5, 5.41) is 18.2. The number of hydrogen-bond acceptors (Lipinski definition) is 5. The summed E-state index contributed by atoms with van der Waals surface area (Å²) in [5.41, 5.74) is 1.09. The van der Waals surface area contributed by atoms with Crippen molar-refractivity contribution in [2.45, 2.75) is 19.0 Å². The zero-order chi connectivity index (χ0) is 16.5. The summed E-state index contributed by atoms with van der Waals surface area (Å²) in [6, 6.07) is 10.1. The molecule has 0 spiro atoms. The maximum atomic E-state index is 12.4. The highest BCUT2D eigenvalue weighted by Gasteiger charge is 2.28. The molecule has 3 heterocycles. The van der Waals surface area contributed by atoms with E-state index in [2.05, 4.69) is 15.2 Å². The van der Waals surface area contributed by atoms with E-state index in [0.717, 1.165) is 17.3 Å². The van der Waals surface area contributed by atoms with Gasteiger partial charge in [0.05, 0.1) is 17.8 Å². The Bertz CT molecular complexity index is 935. The van der Waals surface area contributed by atoms with E-state index < -0.39 is 0 Å². The molecule has 1 amide bonds. The van der Waals surface area contributed by atoms with Gasteiger partial charge in [-0.05, 0) is 12.5 Å². The van der Waals surface area contributed by atoms with E-state index in [1.54, 1.807) is 0 Å². The van der Waals surface area contributed by atoms with Gasteiger partial charge in [0, 0.05) is 18.5 Å². The van der Waals surface area contributed by atoms with Crippen LogP contribution in [0.4, 0.5) is 0 Å². The lowest BCUT2D eigenvalue weighted by Gasteiger charge is -2.17. The van der Waals surface area contributed by atoms with Crippen molar-refractivity contribution in [1.29, 1.82) is 5.26 Å². The van der Waals surface area contributed by atoms with E-state index in [1.807, 2.05) is 46.1 Å². The molecule has 24 heavy (non-hydrogen) atoms. The van der Waals surface area contributed by atoms with E-state index in [9.17, 15) is 4.79 Å². The molecule has 1 atom stereocenters. The summed E-state index contributed by atoms with van der Waals surface area (Å²) in [7, 11) is 0. The molecule has 1 aromatic carbocycles. The second-order valence-electron chi connectivity index (χ2n) is 5.81. The first-order valence-electron chi connectivity index (χ1n) is 7.74. The summed E-state index contributed by atoms with van der Waals surface area (Å²) in [6.45, 7) is 1.42. The van der Waals surface area contributed by atoms with Crippen LogP contribution in [0.15, 0.2) is 36.8 Å². The van der Waals surface area contributed by atoms with E-state index in [4.69, 9.17) is 5.26 Å². The van der Waals surface area contributed by atoms with Gasteiger partial charge in [-0.1, -0.05) is 18.2 Å². The van der Waals surface area contributed by atoms with Crippen LogP contribution in [0.3, 0.4) is 0 Å². The number of fused-ring (bicyclic) bond motifs is 1. The number of nitriles is 1. The fourth-order valence-corrected chi connectivity index (χ4v) is 3.11. The Kier molecular flexibility index (Phi) is 3.46. The van der Waals surface area contributed by atoms with Crippen LogP contribution in [0, 0.1) is 11.3 Å². The van der Waals surface area contributed by atoms with E-state index in [-0.39, 0.29) is 24.3 Å². The summed E-state index contributed by atoms with van der Waals surface area (Å²) in [4.78, 5) is 18.0. The Balaban J connectivity index is 1.46. The maximum absolute atomic E-state index is 12.4. The minimum absolute atomic E-state index is 0.0247. The zero-order valence-electron chi connectivity index (χ0n) is 12.9. The second-order valence-corrected chi connectivity index (χ2v) is 5.81. The molecule has 1 aliphatic rings. The van der Waals surface area contributed by atoms with Crippen molar-refractivity contribution in [3.63, 3.8) is 0 Å². The van der Waals surface area contributed by atoms with Crippen LogP contribution in [0.1, 0.15) is 18.3 Å². The molecule has 8 heteroatoms. The first-order chi connectivity index (χ1) is 11.7. The van der Waals surface area contributed by atoms with Crippen LogP contribution >= 0.6 is 0 Å². The number of carbonyl (C=O) groups is 1. The lowest BCUT2D eigenvalue weighted by atomic mass is 10.2. The predicted molar refractivity (Wildman–Crippen MR) is 84.7 cm³/mol. The third-order valence-electron chi connectivity index (χ3n) is 4.30. The number of carbonyl (C=O) groups excluding carboxylic acids is 1.